The van der Waals surface area contributed by atoms with Crippen LogP contribution in [-0.2, 0) is 5.54 Å². The number of hydrogen-bond acceptors (Lipinski definition) is 6. The van der Waals surface area contributed by atoms with Gasteiger partial charge < -0.3 is 16.2 Å². The number of rotatable bonds is 5. The van der Waals surface area contributed by atoms with E-state index in [1.807, 2.05) is 41.0 Å². The normalized spacial score (nSPS) is 14.5. The lowest BCUT2D eigenvalue weighted by Gasteiger charge is -2.38. The number of benzene rings is 2. The van der Waals surface area contributed by atoms with Crippen LogP contribution < -0.4 is 16.2 Å². The highest BCUT2D eigenvalue weighted by Crippen LogP contribution is 2.39. The van der Waals surface area contributed by atoms with Gasteiger partial charge in [0.1, 0.15) is 22.9 Å². The highest BCUT2D eigenvalue weighted by molar-refractivity contribution is 5.84. The molecule has 6 rings (SSSR count). The lowest BCUT2D eigenvalue weighted by Crippen LogP contribution is -2.43. The predicted octanol–water partition coefficient (Wildman–Crippen LogP) is 5.22. The van der Waals surface area contributed by atoms with Gasteiger partial charge in [0.25, 0.3) is 0 Å². The predicted molar refractivity (Wildman–Crippen MR) is 138 cm³/mol. The quantitative estimate of drug-likeness (QED) is 0.357. The summed E-state index contributed by atoms with van der Waals surface area (Å²) in [5.74, 6) is 1.02. The van der Waals surface area contributed by atoms with E-state index in [0.29, 0.717) is 45.4 Å². The van der Waals surface area contributed by atoms with Gasteiger partial charge >= 0.3 is 0 Å². The van der Waals surface area contributed by atoms with Crippen LogP contribution in [0.4, 0.5) is 10.2 Å². The topological polar surface area (TPSA) is 105 Å². The molecule has 8 heteroatoms. The standard InChI is InChI=1S/C28H25FN6O/c1-36-21-15-17(14-19(29)16-21)23-9-10-24-27(33-23)35(26(34-24)22-4-2-13-32-25(22)30)20-7-5-18(6-8-20)28(31)11-3-12-28/h2,4-10,13-16H,3,11-12,31H2,1H3,(H2,30,32). The highest BCUT2D eigenvalue weighted by Gasteiger charge is 2.34. The Hall–Kier alpha value is -4.30. The summed E-state index contributed by atoms with van der Waals surface area (Å²) in [5.41, 5.74) is 17.7. The number of ether oxygens (including phenoxy) is 1. The van der Waals surface area contributed by atoms with Gasteiger partial charge in [-0.05, 0) is 73.4 Å². The number of nitrogen functional groups attached to an aromatic ring is 1. The fourth-order valence-corrected chi connectivity index (χ4v) is 4.77. The fraction of sp³-hybridized carbons (Fsp3) is 0.179. The van der Waals surface area contributed by atoms with Crippen molar-refractivity contribution in [2.24, 2.45) is 5.73 Å². The van der Waals surface area contributed by atoms with Gasteiger partial charge in [-0.2, -0.15) is 0 Å². The Balaban J connectivity index is 1.56. The zero-order valence-corrected chi connectivity index (χ0v) is 19.8. The van der Waals surface area contributed by atoms with E-state index >= 15 is 0 Å². The number of hydrogen-bond donors (Lipinski definition) is 2. The van der Waals surface area contributed by atoms with Gasteiger partial charge in [-0.1, -0.05) is 12.1 Å². The molecule has 1 saturated carbocycles. The van der Waals surface area contributed by atoms with Crippen LogP contribution in [0, 0.1) is 5.82 Å². The van der Waals surface area contributed by atoms with Gasteiger partial charge in [0, 0.05) is 29.1 Å². The van der Waals surface area contributed by atoms with Gasteiger partial charge in [0.15, 0.2) is 11.5 Å². The number of fused-ring (bicyclic) bond motifs is 1. The van der Waals surface area contributed by atoms with Crippen molar-refractivity contribution >= 4 is 17.0 Å². The molecule has 0 radical (unpaired) electrons. The molecule has 0 aliphatic heterocycles. The molecule has 1 aliphatic carbocycles. The average Bonchev–Trinajstić information content (AvgIpc) is 3.25. The molecule has 1 fully saturated rings. The van der Waals surface area contributed by atoms with Gasteiger partial charge in [-0.15, -0.1) is 0 Å². The number of pyridine rings is 2. The van der Waals surface area contributed by atoms with Crippen LogP contribution in [0.2, 0.25) is 0 Å². The molecule has 1 aliphatic rings. The first-order valence-electron chi connectivity index (χ1n) is 11.8. The van der Waals surface area contributed by atoms with Crippen molar-refractivity contribution < 1.29 is 9.13 Å². The largest absolute Gasteiger partial charge is 0.497 e. The van der Waals surface area contributed by atoms with Crippen molar-refractivity contribution in [3.05, 3.63) is 84.3 Å². The van der Waals surface area contributed by atoms with Crippen LogP contribution in [0.5, 0.6) is 5.75 Å². The summed E-state index contributed by atoms with van der Waals surface area (Å²) in [7, 11) is 1.51. The van der Waals surface area contributed by atoms with Crippen molar-refractivity contribution in [2.45, 2.75) is 24.8 Å². The van der Waals surface area contributed by atoms with Crippen molar-refractivity contribution in [3.8, 4) is 34.1 Å². The molecule has 36 heavy (non-hydrogen) atoms. The summed E-state index contributed by atoms with van der Waals surface area (Å²) >= 11 is 0. The summed E-state index contributed by atoms with van der Waals surface area (Å²) in [6.45, 7) is 0. The van der Waals surface area contributed by atoms with Crippen LogP contribution in [0.25, 0.3) is 39.5 Å². The third-order valence-corrected chi connectivity index (χ3v) is 6.93. The molecule has 180 valence electrons. The molecule has 7 nitrogen and oxygen atoms in total. The molecule has 0 amide bonds. The first kappa shape index (κ1) is 22.2. The molecular weight excluding hydrogens is 455 g/mol. The van der Waals surface area contributed by atoms with Crippen molar-refractivity contribution in [2.75, 3.05) is 12.8 Å². The molecule has 0 unspecified atom stereocenters. The maximum atomic E-state index is 14.2. The second-order valence-electron chi connectivity index (χ2n) is 9.18. The average molecular weight is 481 g/mol. The van der Waals surface area contributed by atoms with E-state index in [-0.39, 0.29) is 5.54 Å². The first-order chi connectivity index (χ1) is 17.4. The third-order valence-electron chi connectivity index (χ3n) is 6.93. The minimum atomic E-state index is -0.397. The van der Waals surface area contributed by atoms with Gasteiger partial charge in [0.2, 0.25) is 0 Å². The van der Waals surface area contributed by atoms with Crippen LogP contribution in [0.15, 0.2) is 72.9 Å². The number of imidazole rings is 1. The van der Waals surface area contributed by atoms with E-state index in [1.54, 1.807) is 12.3 Å². The van der Waals surface area contributed by atoms with Crippen LogP contribution in [-0.4, -0.2) is 26.6 Å². The number of nitrogens with zero attached hydrogens (tertiary/aromatic N) is 4. The van der Waals surface area contributed by atoms with Crippen LogP contribution in [0.1, 0.15) is 24.8 Å². The first-order valence-corrected chi connectivity index (χ1v) is 11.8. The maximum absolute atomic E-state index is 14.2. The zero-order chi connectivity index (χ0) is 24.9. The van der Waals surface area contributed by atoms with Crippen LogP contribution in [0.3, 0.4) is 0 Å². The lowest BCUT2D eigenvalue weighted by molar-refractivity contribution is 0.253. The summed E-state index contributed by atoms with van der Waals surface area (Å²) in [6.07, 6.45) is 4.76. The molecule has 3 aromatic heterocycles. The number of nitrogens with two attached hydrogens (primary N) is 2. The molecular formula is C28H25FN6O. The second kappa shape index (κ2) is 8.42. The monoisotopic (exact) mass is 480 g/mol. The molecule has 0 atom stereocenters. The van der Waals surface area contributed by atoms with Crippen molar-refractivity contribution in [1.29, 1.82) is 0 Å². The molecule has 0 spiro atoms. The highest BCUT2D eigenvalue weighted by atomic mass is 19.1. The van der Waals surface area contributed by atoms with Gasteiger partial charge in [-0.25, -0.2) is 19.3 Å². The number of methoxy groups -OCH3 is 1. The number of halogens is 1. The molecule has 0 bridgehead atoms. The molecule has 3 heterocycles. The Kier molecular flexibility index (Phi) is 5.19. The smallest absolute Gasteiger partial charge is 0.165 e. The summed E-state index contributed by atoms with van der Waals surface area (Å²) < 4.78 is 21.4. The third kappa shape index (κ3) is 3.67. The van der Waals surface area contributed by atoms with Gasteiger partial charge in [0.05, 0.1) is 18.4 Å². The van der Waals surface area contributed by atoms with E-state index in [4.69, 9.17) is 26.2 Å². The van der Waals surface area contributed by atoms with Gasteiger partial charge in [-0.3, -0.25) is 4.57 Å². The zero-order valence-electron chi connectivity index (χ0n) is 19.8. The summed E-state index contributed by atoms with van der Waals surface area (Å²) in [6, 6.07) is 20.1. The van der Waals surface area contributed by atoms with E-state index in [2.05, 4.69) is 17.1 Å². The summed E-state index contributed by atoms with van der Waals surface area (Å²) in [5, 5.41) is 0. The minimum absolute atomic E-state index is 0.256. The molecule has 0 saturated heterocycles. The molecule has 2 aromatic carbocycles. The Morgan fingerprint density at radius 3 is 2.50 bits per heavy atom. The second-order valence-corrected chi connectivity index (χ2v) is 9.18. The molecule has 5 aromatic rings. The van der Waals surface area contributed by atoms with Crippen molar-refractivity contribution in [1.82, 2.24) is 19.5 Å². The van der Waals surface area contributed by atoms with E-state index in [1.165, 1.54) is 19.2 Å². The fourth-order valence-electron chi connectivity index (χ4n) is 4.77. The number of aromatic nitrogens is 4. The Bertz CT molecular complexity index is 1590. The Morgan fingerprint density at radius 1 is 1.00 bits per heavy atom. The van der Waals surface area contributed by atoms with Crippen LogP contribution >= 0.6 is 0 Å². The van der Waals surface area contributed by atoms with E-state index in [9.17, 15) is 4.39 Å². The lowest BCUT2D eigenvalue weighted by atomic mass is 9.73. The Morgan fingerprint density at radius 2 is 1.81 bits per heavy atom. The number of anilines is 1. The summed E-state index contributed by atoms with van der Waals surface area (Å²) in [4.78, 5) is 14.0. The molecule has 4 N–H and O–H groups in total. The van der Waals surface area contributed by atoms with E-state index in [0.717, 1.165) is 30.5 Å². The van der Waals surface area contributed by atoms with E-state index < -0.39 is 5.82 Å². The maximum Gasteiger partial charge on any atom is 0.165 e. The minimum Gasteiger partial charge on any atom is -0.497 e. The van der Waals surface area contributed by atoms with Crippen molar-refractivity contribution in [3.63, 3.8) is 0 Å². The SMILES string of the molecule is COc1cc(F)cc(-c2ccc3nc(-c4cccnc4N)n(-c4ccc(C5(N)CCC5)cc4)c3n2)c1. The Labute approximate surface area is 207 Å².